The summed E-state index contributed by atoms with van der Waals surface area (Å²) < 4.78 is 31.4. The molecule has 1 aliphatic rings. The predicted octanol–water partition coefficient (Wildman–Crippen LogP) is 0.980. The first-order valence-electron chi connectivity index (χ1n) is 7.63. The number of benzene rings is 1. The first-order valence-corrected chi connectivity index (χ1v) is 9.89. The van der Waals surface area contributed by atoms with E-state index in [4.69, 9.17) is 9.84 Å². The Morgan fingerprint density at radius 3 is 2.44 bits per heavy atom. The molecular weight excluding hydrogens is 396 g/mol. The second-order valence-electron chi connectivity index (χ2n) is 5.64. The first-order chi connectivity index (χ1) is 12.7. The lowest BCUT2D eigenvalue weighted by Crippen LogP contribution is -2.29. The fourth-order valence-corrected chi connectivity index (χ4v) is 4.21. The Hall–Kier alpha value is -2.76. The molecule has 2 aromatic rings. The lowest BCUT2D eigenvalue weighted by Gasteiger charge is -2.12. The van der Waals surface area contributed by atoms with Gasteiger partial charge in [-0.05, 0) is 29.8 Å². The number of ether oxygens (including phenoxy) is 1. The highest BCUT2D eigenvalue weighted by atomic mass is 32.2. The number of nitrogens with zero attached hydrogens (tertiary/aromatic N) is 1. The van der Waals surface area contributed by atoms with Gasteiger partial charge in [0, 0.05) is 11.4 Å². The van der Waals surface area contributed by atoms with Crippen molar-refractivity contribution in [2.24, 2.45) is 0 Å². The number of rotatable bonds is 6. The van der Waals surface area contributed by atoms with Gasteiger partial charge >= 0.3 is 22.1 Å². The van der Waals surface area contributed by atoms with E-state index in [0.717, 1.165) is 15.6 Å². The van der Waals surface area contributed by atoms with Gasteiger partial charge in [0.1, 0.15) is 11.5 Å². The van der Waals surface area contributed by atoms with Crippen molar-refractivity contribution in [1.29, 1.82) is 0 Å². The molecule has 11 heteroatoms. The van der Waals surface area contributed by atoms with Gasteiger partial charge in [-0.3, -0.25) is 4.79 Å². The van der Waals surface area contributed by atoms with Crippen LogP contribution in [0.3, 0.4) is 0 Å². The summed E-state index contributed by atoms with van der Waals surface area (Å²) in [7, 11) is -3.80. The maximum atomic E-state index is 12.1. The third-order valence-corrected chi connectivity index (χ3v) is 6.14. The molecule has 2 heterocycles. The second-order valence-corrected chi connectivity index (χ2v) is 8.48. The van der Waals surface area contributed by atoms with E-state index in [1.54, 1.807) is 18.2 Å². The van der Waals surface area contributed by atoms with Crippen molar-refractivity contribution in [2.75, 3.05) is 6.54 Å². The van der Waals surface area contributed by atoms with Crippen LogP contribution in [-0.2, 0) is 32.9 Å². The Labute approximate surface area is 158 Å². The third-order valence-electron chi connectivity index (χ3n) is 3.67. The molecule has 0 atom stereocenters. The Morgan fingerprint density at radius 1 is 1.19 bits per heavy atom. The molecule has 3 rings (SSSR count). The Kier molecular flexibility index (Phi) is 5.26. The number of nitrogens with one attached hydrogen (secondary N) is 1. The van der Waals surface area contributed by atoms with Crippen LogP contribution in [0, 0.1) is 0 Å². The average Bonchev–Trinajstić information content (AvgIpc) is 3.17. The highest BCUT2D eigenvalue weighted by Crippen LogP contribution is 2.18. The number of carboxylic acid groups (broad SMARTS) is 1. The van der Waals surface area contributed by atoms with Gasteiger partial charge in [-0.1, -0.05) is 12.1 Å². The predicted molar refractivity (Wildman–Crippen MR) is 94.3 cm³/mol. The quantitative estimate of drug-likeness (QED) is 0.679. The minimum atomic E-state index is -3.80. The van der Waals surface area contributed by atoms with Crippen LogP contribution in [0.2, 0.25) is 0 Å². The van der Waals surface area contributed by atoms with E-state index in [1.807, 2.05) is 4.72 Å². The van der Waals surface area contributed by atoms with E-state index in [1.165, 1.54) is 18.2 Å². The number of hydrogen-bond acceptors (Lipinski definition) is 7. The Bertz CT molecular complexity index is 996. The van der Waals surface area contributed by atoms with Crippen LogP contribution < -0.4 is 4.72 Å². The molecule has 142 valence electrons. The zero-order chi connectivity index (χ0) is 19.6. The van der Waals surface area contributed by atoms with E-state index in [9.17, 15) is 22.8 Å². The standard InChI is InChI=1S/C16H14N2O7S2/c19-14-8-18(27(23,24)17-14)7-10-1-3-11(4-2-10)16(22)25-9-12-5-6-13(26-12)15(20)21/h1-6H,7-9H2,(H,17,19)(H,20,21). The molecule has 2 N–H and O–H groups in total. The van der Waals surface area contributed by atoms with Crippen LogP contribution in [0.15, 0.2) is 36.4 Å². The number of aromatic carboxylic acids is 1. The van der Waals surface area contributed by atoms with Gasteiger partial charge in [-0.25, -0.2) is 14.3 Å². The van der Waals surface area contributed by atoms with E-state index >= 15 is 0 Å². The molecule has 0 spiro atoms. The number of thiophene rings is 1. The van der Waals surface area contributed by atoms with Crippen molar-refractivity contribution >= 4 is 39.4 Å². The number of esters is 1. The molecule has 1 amide bonds. The van der Waals surface area contributed by atoms with Crippen molar-refractivity contribution in [3.8, 4) is 0 Å². The molecule has 1 aromatic carbocycles. The summed E-state index contributed by atoms with van der Waals surface area (Å²) in [6.45, 7) is -0.285. The van der Waals surface area contributed by atoms with Crippen molar-refractivity contribution in [1.82, 2.24) is 9.03 Å². The zero-order valence-corrected chi connectivity index (χ0v) is 15.4. The van der Waals surface area contributed by atoms with E-state index in [2.05, 4.69) is 0 Å². The number of amides is 1. The van der Waals surface area contributed by atoms with Crippen LogP contribution in [0.25, 0.3) is 0 Å². The van der Waals surface area contributed by atoms with Crippen molar-refractivity contribution in [3.05, 3.63) is 57.3 Å². The number of hydrogen-bond donors (Lipinski definition) is 2. The highest BCUT2D eigenvalue weighted by molar-refractivity contribution is 7.88. The van der Waals surface area contributed by atoms with Gasteiger partial charge in [-0.15, -0.1) is 11.3 Å². The zero-order valence-electron chi connectivity index (χ0n) is 13.7. The molecular formula is C16H14N2O7S2. The summed E-state index contributed by atoms with van der Waals surface area (Å²) in [5.41, 5.74) is 0.878. The largest absolute Gasteiger partial charge is 0.477 e. The maximum Gasteiger partial charge on any atom is 0.345 e. The van der Waals surface area contributed by atoms with Crippen LogP contribution in [-0.4, -0.2) is 42.2 Å². The summed E-state index contributed by atoms with van der Waals surface area (Å²) in [6.07, 6.45) is 0. The molecule has 0 aliphatic carbocycles. The van der Waals surface area contributed by atoms with Crippen LogP contribution >= 0.6 is 11.3 Å². The van der Waals surface area contributed by atoms with Crippen molar-refractivity contribution in [3.63, 3.8) is 0 Å². The molecule has 0 radical (unpaired) electrons. The Morgan fingerprint density at radius 2 is 1.89 bits per heavy atom. The van der Waals surface area contributed by atoms with Crippen molar-refractivity contribution in [2.45, 2.75) is 13.2 Å². The highest BCUT2D eigenvalue weighted by Gasteiger charge is 2.33. The van der Waals surface area contributed by atoms with E-state index < -0.39 is 28.1 Å². The van der Waals surface area contributed by atoms with E-state index in [-0.39, 0.29) is 30.1 Å². The van der Waals surface area contributed by atoms with E-state index in [0.29, 0.717) is 10.4 Å². The second kappa shape index (κ2) is 7.47. The maximum absolute atomic E-state index is 12.1. The topological polar surface area (TPSA) is 130 Å². The van der Waals surface area contributed by atoms with Gasteiger partial charge in [0.2, 0.25) is 5.91 Å². The monoisotopic (exact) mass is 410 g/mol. The number of carboxylic acids is 1. The average molecular weight is 410 g/mol. The van der Waals surface area contributed by atoms with Crippen LogP contribution in [0.5, 0.6) is 0 Å². The molecule has 0 bridgehead atoms. The molecule has 27 heavy (non-hydrogen) atoms. The van der Waals surface area contributed by atoms with Gasteiger partial charge in [0.25, 0.3) is 0 Å². The first kappa shape index (κ1) is 19.0. The molecule has 9 nitrogen and oxygen atoms in total. The molecule has 1 aliphatic heterocycles. The molecule has 1 saturated heterocycles. The minimum Gasteiger partial charge on any atom is -0.477 e. The summed E-state index contributed by atoms with van der Waals surface area (Å²) in [4.78, 5) is 34.9. The summed E-state index contributed by atoms with van der Waals surface area (Å²) in [5, 5.41) is 8.87. The van der Waals surface area contributed by atoms with Crippen LogP contribution in [0.1, 0.15) is 30.5 Å². The fraction of sp³-hybridized carbons (Fsp3) is 0.188. The SMILES string of the molecule is O=C1CN(Cc2ccc(C(=O)OCc3ccc(C(=O)O)s3)cc2)S(=O)(=O)N1. The lowest BCUT2D eigenvalue weighted by atomic mass is 10.1. The number of carbonyl (C=O) groups is 3. The van der Waals surface area contributed by atoms with Gasteiger partial charge in [0.15, 0.2) is 0 Å². The molecule has 0 unspecified atom stereocenters. The van der Waals surface area contributed by atoms with Gasteiger partial charge in [0.05, 0.1) is 12.1 Å². The number of carbonyl (C=O) groups excluding carboxylic acids is 2. The van der Waals surface area contributed by atoms with Gasteiger partial charge < -0.3 is 9.84 Å². The Balaban J connectivity index is 1.58. The van der Waals surface area contributed by atoms with Gasteiger partial charge in [-0.2, -0.15) is 12.7 Å². The molecule has 1 aromatic heterocycles. The smallest absolute Gasteiger partial charge is 0.345 e. The third kappa shape index (κ3) is 4.51. The summed E-state index contributed by atoms with van der Waals surface area (Å²) in [6, 6.07) is 9.15. The summed E-state index contributed by atoms with van der Waals surface area (Å²) in [5.74, 6) is -2.21. The molecule has 0 saturated carbocycles. The fourth-order valence-electron chi connectivity index (χ4n) is 2.37. The van der Waals surface area contributed by atoms with Crippen molar-refractivity contribution < 1.29 is 32.6 Å². The molecule has 1 fully saturated rings. The van der Waals surface area contributed by atoms with Crippen LogP contribution in [0.4, 0.5) is 0 Å². The normalized spacial score (nSPS) is 16.1. The summed E-state index contributed by atoms with van der Waals surface area (Å²) >= 11 is 1.03. The minimum absolute atomic E-state index is 0.00353. The lowest BCUT2D eigenvalue weighted by molar-refractivity contribution is -0.118.